The lowest BCUT2D eigenvalue weighted by atomic mass is 9.98. The van der Waals surface area contributed by atoms with E-state index >= 15 is 0 Å². The Balaban J connectivity index is 1.97. The third kappa shape index (κ3) is 2.42. The molecule has 1 atom stereocenters. The van der Waals surface area contributed by atoms with Gasteiger partial charge in [-0.3, -0.25) is 4.79 Å². The van der Waals surface area contributed by atoms with Gasteiger partial charge in [0.1, 0.15) is 6.17 Å². The minimum atomic E-state index is -0.209. The molecule has 1 amide bonds. The molecule has 1 aromatic carbocycles. The highest BCUT2D eigenvalue weighted by Gasteiger charge is 2.32. The topological polar surface area (TPSA) is 45.2 Å². The summed E-state index contributed by atoms with van der Waals surface area (Å²) in [4.78, 5) is 18.9. The maximum absolute atomic E-state index is 12.5. The van der Waals surface area contributed by atoms with E-state index in [-0.39, 0.29) is 17.5 Å². The molecule has 1 unspecified atom stereocenters. The van der Waals surface area contributed by atoms with E-state index in [0.29, 0.717) is 5.56 Å². The molecule has 0 spiro atoms. The largest absolute Gasteiger partial charge is 0.359 e. The molecule has 0 fully saturated rings. The van der Waals surface area contributed by atoms with Crippen LogP contribution in [0.5, 0.6) is 0 Å². The van der Waals surface area contributed by atoms with E-state index in [9.17, 15) is 4.79 Å². The number of carbonyl (C=O) groups excluding carboxylic acids is 1. The van der Waals surface area contributed by atoms with Gasteiger partial charge in [0.15, 0.2) is 0 Å². The summed E-state index contributed by atoms with van der Waals surface area (Å²) in [6.45, 7) is 6.44. The smallest absolute Gasteiger partial charge is 0.257 e. The van der Waals surface area contributed by atoms with Gasteiger partial charge in [0.05, 0.1) is 16.3 Å². The number of anilines is 1. The summed E-state index contributed by atoms with van der Waals surface area (Å²) in [6, 6.07) is 7.60. The van der Waals surface area contributed by atoms with Crippen LogP contribution in [0.3, 0.4) is 0 Å². The van der Waals surface area contributed by atoms with Crippen molar-refractivity contribution in [3.8, 4) is 0 Å². The van der Waals surface area contributed by atoms with Crippen LogP contribution in [-0.4, -0.2) is 22.8 Å². The second-order valence-electron chi connectivity index (χ2n) is 6.34. The zero-order valence-electron chi connectivity index (χ0n) is 12.7. The third-order valence-electron chi connectivity index (χ3n) is 3.60. The zero-order valence-corrected chi connectivity index (χ0v) is 13.5. The SMILES string of the molecule is CN1C(=O)c2ccccc2NC1c1csc(C(C)(C)C)n1. The van der Waals surface area contributed by atoms with Crippen LogP contribution >= 0.6 is 11.3 Å². The fourth-order valence-corrected chi connectivity index (χ4v) is 3.30. The lowest BCUT2D eigenvalue weighted by Gasteiger charge is -2.34. The first-order valence-corrected chi connectivity index (χ1v) is 7.84. The maximum Gasteiger partial charge on any atom is 0.257 e. The zero-order chi connectivity index (χ0) is 15.2. The fourth-order valence-electron chi connectivity index (χ4n) is 2.38. The number of carbonyl (C=O) groups is 1. The quantitative estimate of drug-likeness (QED) is 0.874. The molecular weight excluding hydrogens is 282 g/mol. The van der Waals surface area contributed by atoms with Crippen LogP contribution in [0.1, 0.15) is 48.0 Å². The Morgan fingerprint density at radius 2 is 2.00 bits per heavy atom. The van der Waals surface area contributed by atoms with Crippen molar-refractivity contribution in [2.24, 2.45) is 0 Å². The molecular formula is C16H19N3OS. The van der Waals surface area contributed by atoms with Crippen molar-refractivity contribution in [2.75, 3.05) is 12.4 Å². The van der Waals surface area contributed by atoms with Gasteiger partial charge < -0.3 is 10.2 Å². The Kier molecular flexibility index (Phi) is 3.24. The number of aromatic nitrogens is 1. The Morgan fingerprint density at radius 3 is 2.67 bits per heavy atom. The van der Waals surface area contributed by atoms with Crippen molar-refractivity contribution in [2.45, 2.75) is 32.4 Å². The monoisotopic (exact) mass is 301 g/mol. The molecule has 1 N–H and O–H groups in total. The van der Waals surface area contributed by atoms with Crippen molar-refractivity contribution in [3.05, 3.63) is 45.9 Å². The van der Waals surface area contributed by atoms with Crippen molar-refractivity contribution < 1.29 is 4.79 Å². The Bertz CT molecular complexity index is 687. The Morgan fingerprint density at radius 1 is 1.29 bits per heavy atom. The molecule has 5 heteroatoms. The molecule has 3 rings (SSSR count). The second-order valence-corrected chi connectivity index (χ2v) is 7.19. The van der Waals surface area contributed by atoms with Crippen molar-refractivity contribution in [1.82, 2.24) is 9.88 Å². The third-order valence-corrected chi connectivity index (χ3v) is 4.89. The van der Waals surface area contributed by atoms with Crippen LogP contribution in [-0.2, 0) is 5.41 Å². The predicted molar refractivity (Wildman–Crippen MR) is 85.7 cm³/mol. The van der Waals surface area contributed by atoms with Gasteiger partial charge >= 0.3 is 0 Å². The number of hydrogen-bond donors (Lipinski definition) is 1. The lowest BCUT2D eigenvalue weighted by molar-refractivity contribution is 0.0733. The number of para-hydroxylation sites is 1. The first kappa shape index (κ1) is 14.1. The van der Waals surface area contributed by atoms with Gasteiger partial charge in [0.25, 0.3) is 5.91 Å². The summed E-state index contributed by atoms with van der Waals surface area (Å²) in [5.41, 5.74) is 2.51. The van der Waals surface area contributed by atoms with Gasteiger partial charge in [-0.15, -0.1) is 11.3 Å². The number of thiazole rings is 1. The van der Waals surface area contributed by atoms with Crippen LogP contribution < -0.4 is 5.32 Å². The fraction of sp³-hybridized carbons (Fsp3) is 0.375. The minimum absolute atomic E-state index is 0.0259. The first-order chi connectivity index (χ1) is 9.88. The van der Waals surface area contributed by atoms with Gasteiger partial charge in [-0.2, -0.15) is 0 Å². The van der Waals surface area contributed by atoms with Crippen LogP contribution in [0.15, 0.2) is 29.6 Å². The summed E-state index contributed by atoms with van der Waals surface area (Å²) in [7, 11) is 1.81. The number of nitrogens with one attached hydrogen (secondary N) is 1. The second kappa shape index (κ2) is 4.84. The van der Waals surface area contributed by atoms with Gasteiger partial charge in [0.2, 0.25) is 0 Å². The highest BCUT2D eigenvalue weighted by molar-refractivity contribution is 7.09. The summed E-state index contributed by atoms with van der Waals surface area (Å²) in [5, 5.41) is 6.53. The van der Waals surface area contributed by atoms with E-state index in [4.69, 9.17) is 4.98 Å². The predicted octanol–water partition coefficient (Wildman–Crippen LogP) is 3.64. The summed E-state index contributed by atoms with van der Waals surface area (Å²) >= 11 is 1.65. The normalized spacial score (nSPS) is 18.4. The maximum atomic E-state index is 12.5. The molecule has 1 aliphatic rings. The van der Waals surface area contributed by atoms with E-state index in [2.05, 4.69) is 26.1 Å². The van der Waals surface area contributed by atoms with Gasteiger partial charge in [-0.1, -0.05) is 32.9 Å². The molecule has 2 aromatic rings. The average Bonchev–Trinajstić information content (AvgIpc) is 2.92. The average molecular weight is 301 g/mol. The van der Waals surface area contributed by atoms with E-state index < -0.39 is 0 Å². The highest BCUT2D eigenvalue weighted by atomic mass is 32.1. The molecule has 0 saturated heterocycles. The van der Waals surface area contributed by atoms with Gasteiger partial charge in [0, 0.05) is 23.5 Å². The minimum Gasteiger partial charge on any atom is -0.359 e. The number of rotatable bonds is 1. The highest BCUT2D eigenvalue weighted by Crippen LogP contribution is 2.34. The standard InChI is InChI=1S/C16H19N3OS/c1-16(2,3)15-18-12(9-21-15)13-17-11-8-6-5-7-10(11)14(20)19(13)4/h5-9,13,17H,1-4H3. The number of fused-ring (bicyclic) bond motifs is 1. The number of nitrogens with zero attached hydrogens (tertiary/aromatic N) is 2. The summed E-state index contributed by atoms with van der Waals surface area (Å²) in [5.74, 6) is 0.0275. The molecule has 2 heterocycles. The molecule has 0 saturated carbocycles. The summed E-state index contributed by atoms with van der Waals surface area (Å²) < 4.78 is 0. The van der Waals surface area contributed by atoms with Crippen LogP contribution in [0.4, 0.5) is 5.69 Å². The van der Waals surface area contributed by atoms with E-state index in [0.717, 1.165) is 16.4 Å². The first-order valence-electron chi connectivity index (χ1n) is 6.96. The van der Waals surface area contributed by atoms with Crippen LogP contribution in [0, 0.1) is 0 Å². The van der Waals surface area contributed by atoms with Crippen molar-refractivity contribution >= 4 is 22.9 Å². The van der Waals surface area contributed by atoms with Crippen LogP contribution in [0.2, 0.25) is 0 Å². The van der Waals surface area contributed by atoms with Crippen molar-refractivity contribution in [3.63, 3.8) is 0 Å². The molecule has 1 aliphatic heterocycles. The molecule has 4 nitrogen and oxygen atoms in total. The molecule has 21 heavy (non-hydrogen) atoms. The van der Waals surface area contributed by atoms with E-state index in [1.54, 1.807) is 16.2 Å². The Labute approximate surface area is 128 Å². The Hall–Kier alpha value is -1.88. The molecule has 0 radical (unpaired) electrons. The van der Waals surface area contributed by atoms with E-state index in [1.165, 1.54) is 0 Å². The van der Waals surface area contributed by atoms with Gasteiger partial charge in [-0.25, -0.2) is 4.98 Å². The molecule has 0 bridgehead atoms. The van der Waals surface area contributed by atoms with Crippen LogP contribution in [0.25, 0.3) is 0 Å². The molecule has 1 aromatic heterocycles. The van der Waals surface area contributed by atoms with E-state index in [1.807, 2.05) is 36.7 Å². The number of hydrogen-bond acceptors (Lipinski definition) is 4. The summed E-state index contributed by atoms with van der Waals surface area (Å²) in [6.07, 6.45) is -0.209. The van der Waals surface area contributed by atoms with Crippen molar-refractivity contribution in [1.29, 1.82) is 0 Å². The molecule has 110 valence electrons. The number of amides is 1. The lowest BCUT2D eigenvalue weighted by Crippen LogP contribution is -2.40. The molecule has 0 aliphatic carbocycles. The number of benzene rings is 1. The van der Waals surface area contributed by atoms with Gasteiger partial charge in [-0.05, 0) is 12.1 Å².